The highest BCUT2D eigenvalue weighted by Crippen LogP contribution is 2.23. The lowest BCUT2D eigenvalue weighted by Crippen LogP contribution is -2.58. The smallest absolute Gasteiger partial charge is 0.264 e. The molecule has 0 saturated carbocycles. The van der Waals surface area contributed by atoms with Crippen molar-refractivity contribution in [2.75, 3.05) is 19.6 Å². The van der Waals surface area contributed by atoms with E-state index in [2.05, 4.69) is 10.7 Å². The van der Waals surface area contributed by atoms with E-state index in [4.69, 9.17) is 0 Å². The predicted octanol–water partition coefficient (Wildman–Crippen LogP) is 0.422. The number of carbonyl (C=O) groups excluding carboxylic acids is 1. The second-order valence-corrected chi connectivity index (χ2v) is 5.16. The first kappa shape index (κ1) is 10.6. The zero-order valence-corrected chi connectivity index (χ0v) is 9.68. The number of hydrazine groups is 1. The summed E-state index contributed by atoms with van der Waals surface area (Å²) in [6.07, 6.45) is 0.864. The molecular formula is C11H19N3O. The van der Waals surface area contributed by atoms with Gasteiger partial charge in [-0.25, -0.2) is 5.43 Å². The molecule has 2 aliphatic heterocycles. The Morgan fingerprint density at radius 3 is 2.67 bits per heavy atom. The number of amides is 1. The Balaban J connectivity index is 2.25. The molecule has 0 spiro atoms. The third-order valence-electron chi connectivity index (χ3n) is 2.90. The van der Waals surface area contributed by atoms with E-state index in [9.17, 15) is 4.79 Å². The minimum Gasteiger partial charge on any atom is -0.313 e. The molecule has 0 atom stereocenters. The number of carbonyl (C=O) groups is 1. The molecule has 0 aromatic carbocycles. The Bertz CT molecular complexity index is 314. The number of nitrogens with zero attached hydrogens (tertiary/aromatic N) is 1. The van der Waals surface area contributed by atoms with Crippen LogP contribution in [0, 0.1) is 0 Å². The highest BCUT2D eigenvalue weighted by Gasteiger charge is 2.34. The maximum Gasteiger partial charge on any atom is 0.264 e. The first-order valence-electron chi connectivity index (χ1n) is 5.50. The molecule has 0 saturated heterocycles. The predicted molar refractivity (Wildman–Crippen MR) is 59.1 cm³/mol. The summed E-state index contributed by atoms with van der Waals surface area (Å²) in [6, 6.07) is 0. The fourth-order valence-electron chi connectivity index (χ4n) is 2.09. The zero-order valence-electron chi connectivity index (χ0n) is 9.68. The second-order valence-electron chi connectivity index (χ2n) is 5.16. The Morgan fingerprint density at radius 1 is 1.27 bits per heavy atom. The zero-order chi connectivity index (χ0) is 11.1. The molecule has 1 amide bonds. The quantitative estimate of drug-likeness (QED) is 0.608. The van der Waals surface area contributed by atoms with E-state index in [-0.39, 0.29) is 11.4 Å². The normalized spacial score (nSPS) is 23.1. The third-order valence-corrected chi connectivity index (χ3v) is 2.90. The van der Waals surface area contributed by atoms with Gasteiger partial charge >= 0.3 is 0 Å². The number of rotatable bonds is 0. The van der Waals surface area contributed by atoms with Crippen molar-refractivity contribution >= 4 is 5.91 Å². The summed E-state index contributed by atoms with van der Waals surface area (Å²) in [5.74, 6) is 0.158. The van der Waals surface area contributed by atoms with Gasteiger partial charge < -0.3 is 5.32 Å². The standard InChI is InChI=1S/C11H19N3O/c1-11(2,3)14-10(15)9-4-5-12-6-8(9)7-13-14/h12-13H,4-7H2,1-3H3. The fraction of sp³-hybridized carbons (Fsp3) is 0.727. The van der Waals surface area contributed by atoms with Gasteiger partial charge in [-0.05, 0) is 39.3 Å². The number of nitrogens with one attached hydrogen (secondary N) is 2. The van der Waals surface area contributed by atoms with Gasteiger partial charge in [-0.2, -0.15) is 0 Å². The molecule has 2 rings (SSSR count). The van der Waals surface area contributed by atoms with Crippen LogP contribution in [0.15, 0.2) is 11.1 Å². The molecule has 0 aromatic heterocycles. The van der Waals surface area contributed by atoms with Gasteiger partial charge in [-0.1, -0.05) is 0 Å². The van der Waals surface area contributed by atoms with Gasteiger partial charge in [0.1, 0.15) is 0 Å². The van der Waals surface area contributed by atoms with Crippen LogP contribution in [0.1, 0.15) is 27.2 Å². The Labute approximate surface area is 90.7 Å². The van der Waals surface area contributed by atoms with Gasteiger partial charge in [-0.15, -0.1) is 0 Å². The van der Waals surface area contributed by atoms with Crippen LogP contribution in [-0.4, -0.2) is 36.1 Å². The van der Waals surface area contributed by atoms with Crippen LogP contribution in [-0.2, 0) is 4.79 Å². The van der Waals surface area contributed by atoms with Gasteiger partial charge in [0.2, 0.25) is 0 Å². The van der Waals surface area contributed by atoms with Crippen molar-refractivity contribution in [2.24, 2.45) is 0 Å². The first-order chi connectivity index (χ1) is 7.00. The summed E-state index contributed by atoms with van der Waals surface area (Å²) in [6.45, 7) is 8.71. The molecule has 4 nitrogen and oxygen atoms in total. The van der Waals surface area contributed by atoms with Crippen molar-refractivity contribution in [3.8, 4) is 0 Å². The van der Waals surface area contributed by atoms with E-state index in [1.54, 1.807) is 5.01 Å². The van der Waals surface area contributed by atoms with E-state index in [0.29, 0.717) is 0 Å². The molecule has 84 valence electrons. The van der Waals surface area contributed by atoms with Crippen molar-refractivity contribution in [2.45, 2.75) is 32.7 Å². The van der Waals surface area contributed by atoms with Crippen molar-refractivity contribution < 1.29 is 4.79 Å². The fourth-order valence-corrected chi connectivity index (χ4v) is 2.09. The van der Waals surface area contributed by atoms with Crippen LogP contribution in [0.25, 0.3) is 0 Å². The molecule has 0 bridgehead atoms. The Morgan fingerprint density at radius 2 is 2.00 bits per heavy atom. The maximum absolute atomic E-state index is 12.2. The molecule has 15 heavy (non-hydrogen) atoms. The summed E-state index contributed by atoms with van der Waals surface area (Å²) in [4.78, 5) is 12.2. The monoisotopic (exact) mass is 209 g/mol. The van der Waals surface area contributed by atoms with Gasteiger partial charge in [0.25, 0.3) is 5.91 Å². The molecule has 0 radical (unpaired) electrons. The molecular weight excluding hydrogens is 190 g/mol. The summed E-state index contributed by atoms with van der Waals surface area (Å²) >= 11 is 0. The summed E-state index contributed by atoms with van der Waals surface area (Å²) in [5.41, 5.74) is 5.29. The Kier molecular flexibility index (Phi) is 2.56. The van der Waals surface area contributed by atoms with Crippen LogP contribution in [0.4, 0.5) is 0 Å². The highest BCUT2D eigenvalue weighted by atomic mass is 16.2. The van der Waals surface area contributed by atoms with Gasteiger partial charge in [0.15, 0.2) is 0 Å². The highest BCUT2D eigenvalue weighted by molar-refractivity contribution is 5.95. The lowest BCUT2D eigenvalue weighted by atomic mass is 9.96. The average Bonchev–Trinajstić information content (AvgIpc) is 2.16. The maximum atomic E-state index is 12.2. The van der Waals surface area contributed by atoms with E-state index in [1.807, 2.05) is 20.8 Å². The van der Waals surface area contributed by atoms with Crippen LogP contribution in [0.2, 0.25) is 0 Å². The van der Waals surface area contributed by atoms with Crippen LogP contribution >= 0.6 is 0 Å². The lowest BCUT2D eigenvalue weighted by molar-refractivity contribution is -0.137. The minimum absolute atomic E-state index is 0.152. The van der Waals surface area contributed by atoms with Crippen molar-refractivity contribution in [1.29, 1.82) is 0 Å². The summed E-state index contributed by atoms with van der Waals surface area (Å²) in [5, 5.41) is 5.05. The second kappa shape index (κ2) is 3.61. The number of hydrogen-bond acceptors (Lipinski definition) is 3. The molecule has 0 unspecified atom stereocenters. The largest absolute Gasteiger partial charge is 0.313 e. The molecule has 2 aliphatic rings. The lowest BCUT2D eigenvalue weighted by Gasteiger charge is -2.41. The molecule has 2 heterocycles. The van der Waals surface area contributed by atoms with E-state index in [1.165, 1.54) is 5.57 Å². The van der Waals surface area contributed by atoms with E-state index >= 15 is 0 Å². The van der Waals surface area contributed by atoms with Crippen LogP contribution < -0.4 is 10.7 Å². The van der Waals surface area contributed by atoms with E-state index in [0.717, 1.165) is 31.6 Å². The van der Waals surface area contributed by atoms with E-state index < -0.39 is 0 Å². The average molecular weight is 209 g/mol. The third kappa shape index (κ3) is 1.92. The Hall–Kier alpha value is -0.870. The van der Waals surface area contributed by atoms with Gasteiger partial charge in [0, 0.05) is 18.7 Å². The summed E-state index contributed by atoms with van der Waals surface area (Å²) in [7, 11) is 0. The first-order valence-corrected chi connectivity index (χ1v) is 5.50. The van der Waals surface area contributed by atoms with Crippen molar-refractivity contribution in [3.05, 3.63) is 11.1 Å². The number of hydrogen-bond donors (Lipinski definition) is 2. The van der Waals surface area contributed by atoms with Gasteiger partial charge in [-0.3, -0.25) is 9.80 Å². The minimum atomic E-state index is -0.152. The molecule has 0 aromatic rings. The van der Waals surface area contributed by atoms with Crippen LogP contribution in [0.5, 0.6) is 0 Å². The molecule has 2 N–H and O–H groups in total. The summed E-state index contributed by atoms with van der Waals surface area (Å²) < 4.78 is 0. The topological polar surface area (TPSA) is 44.4 Å². The molecule has 0 fully saturated rings. The van der Waals surface area contributed by atoms with Crippen molar-refractivity contribution in [3.63, 3.8) is 0 Å². The van der Waals surface area contributed by atoms with Crippen LogP contribution in [0.3, 0.4) is 0 Å². The SMILES string of the molecule is CC(C)(C)N1NCC2=C(CCNC2)C1=O. The molecule has 4 heteroatoms. The molecule has 0 aliphatic carbocycles. The van der Waals surface area contributed by atoms with Crippen molar-refractivity contribution in [1.82, 2.24) is 15.8 Å². The van der Waals surface area contributed by atoms with Gasteiger partial charge in [0.05, 0.1) is 5.54 Å².